The maximum Gasteiger partial charge on any atom is 0.253 e. The third-order valence-corrected chi connectivity index (χ3v) is 4.17. The molecule has 0 aromatic heterocycles. The molecule has 0 aliphatic carbocycles. The number of hydrogen-bond acceptors (Lipinski definition) is 2. The van der Waals surface area contributed by atoms with Crippen molar-refractivity contribution in [1.29, 1.82) is 0 Å². The van der Waals surface area contributed by atoms with Gasteiger partial charge in [-0.05, 0) is 11.1 Å². The number of carbonyl (C=O) groups is 2. The summed E-state index contributed by atoms with van der Waals surface area (Å²) in [5.74, 6) is -1.77. The van der Waals surface area contributed by atoms with Gasteiger partial charge in [-0.3, -0.25) is 9.59 Å². The van der Waals surface area contributed by atoms with Gasteiger partial charge in [0.05, 0.1) is 0 Å². The number of rotatable bonds is 3. The zero-order valence-corrected chi connectivity index (χ0v) is 16.2. The van der Waals surface area contributed by atoms with Gasteiger partial charge >= 0.3 is 0 Å². The monoisotopic (exact) mass is 442 g/mol. The summed E-state index contributed by atoms with van der Waals surface area (Å²) in [6, 6.07) is 13.3. The Labute approximate surface area is 168 Å². The molecule has 2 aromatic carbocycles. The minimum atomic E-state index is -2.27. The summed E-state index contributed by atoms with van der Waals surface area (Å²) < 4.78 is -4.52. The molecule has 0 aliphatic heterocycles. The Morgan fingerprint density at radius 2 is 1.21 bits per heavy atom. The highest BCUT2D eigenvalue weighted by Crippen LogP contribution is 2.39. The molecule has 8 heteroatoms. The molecule has 0 heterocycles. The van der Waals surface area contributed by atoms with Crippen LogP contribution < -0.4 is 0 Å². The van der Waals surface area contributed by atoms with Crippen molar-refractivity contribution in [3.05, 3.63) is 59.7 Å². The summed E-state index contributed by atoms with van der Waals surface area (Å²) >= 11 is 34.3. The molecular formula is C16H8Cl6O2. The summed E-state index contributed by atoms with van der Waals surface area (Å²) in [4.78, 5) is 25.1. The Hall–Kier alpha value is -0.480. The molecule has 126 valence electrons. The molecular weight excluding hydrogens is 437 g/mol. The van der Waals surface area contributed by atoms with Gasteiger partial charge < -0.3 is 0 Å². The van der Waals surface area contributed by atoms with Crippen molar-refractivity contribution in [2.75, 3.05) is 0 Å². The molecule has 24 heavy (non-hydrogen) atoms. The zero-order chi connectivity index (χ0) is 18.1. The van der Waals surface area contributed by atoms with Crippen LogP contribution in [0.25, 0.3) is 11.1 Å². The molecule has 0 atom stereocenters. The van der Waals surface area contributed by atoms with Crippen LogP contribution in [0.4, 0.5) is 0 Å². The highest BCUT2D eigenvalue weighted by atomic mass is 35.6. The van der Waals surface area contributed by atoms with Crippen LogP contribution in [0.3, 0.4) is 0 Å². The average Bonchev–Trinajstić information content (AvgIpc) is 2.51. The van der Waals surface area contributed by atoms with E-state index >= 15 is 0 Å². The van der Waals surface area contributed by atoms with Crippen molar-refractivity contribution in [3.63, 3.8) is 0 Å². The first-order valence-corrected chi connectivity index (χ1v) is 8.71. The number of carbonyl (C=O) groups excluding carboxylic acids is 2. The van der Waals surface area contributed by atoms with E-state index < -0.39 is 19.2 Å². The standard InChI is InChI=1S/C16H8Cl6O2/c17-15(18,19)13(23)11-8-4-7-10(9-5-2-1-3-6-9)12(11)14(24)16(20,21)22/h1-8H. The van der Waals surface area contributed by atoms with E-state index in [1.807, 2.05) is 0 Å². The summed E-state index contributed by atoms with van der Waals surface area (Å²) in [5.41, 5.74) is 0.800. The van der Waals surface area contributed by atoms with Gasteiger partial charge in [0, 0.05) is 11.1 Å². The molecule has 0 bridgehead atoms. The van der Waals surface area contributed by atoms with Gasteiger partial charge in [0.2, 0.25) is 11.6 Å². The molecule has 0 unspecified atom stereocenters. The van der Waals surface area contributed by atoms with Gasteiger partial charge in [0.25, 0.3) is 7.59 Å². The molecule has 0 saturated heterocycles. The molecule has 2 nitrogen and oxygen atoms in total. The fourth-order valence-electron chi connectivity index (χ4n) is 2.14. The number of Topliss-reactive ketones (excluding diaryl/α,β-unsaturated/α-hetero) is 2. The van der Waals surface area contributed by atoms with Crippen LogP contribution in [0.2, 0.25) is 0 Å². The van der Waals surface area contributed by atoms with Crippen molar-refractivity contribution in [2.24, 2.45) is 0 Å². The first-order chi connectivity index (χ1) is 11.0. The fraction of sp³-hybridized carbons (Fsp3) is 0.125. The molecule has 0 radical (unpaired) electrons. The Kier molecular flexibility index (Phi) is 6.12. The lowest BCUT2D eigenvalue weighted by atomic mass is 9.91. The second-order valence-corrected chi connectivity index (χ2v) is 9.31. The Morgan fingerprint density at radius 3 is 1.71 bits per heavy atom. The van der Waals surface area contributed by atoms with E-state index in [9.17, 15) is 9.59 Å². The van der Waals surface area contributed by atoms with Crippen LogP contribution in [-0.4, -0.2) is 19.2 Å². The number of benzene rings is 2. The van der Waals surface area contributed by atoms with E-state index in [2.05, 4.69) is 0 Å². The van der Waals surface area contributed by atoms with Crippen molar-refractivity contribution < 1.29 is 9.59 Å². The first kappa shape index (κ1) is 19.8. The summed E-state index contributed by atoms with van der Waals surface area (Å²) in [5, 5.41) is 0. The van der Waals surface area contributed by atoms with E-state index in [1.54, 1.807) is 42.5 Å². The van der Waals surface area contributed by atoms with E-state index in [4.69, 9.17) is 69.6 Å². The van der Waals surface area contributed by atoms with E-state index in [0.29, 0.717) is 11.1 Å². The third-order valence-electron chi connectivity index (χ3n) is 3.14. The normalized spacial score (nSPS) is 12.1. The number of alkyl halides is 6. The van der Waals surface area contributed by atoms with Gasteiger partial charge in [-0.25, -0.2) is 0 Å². The third kappa shape index (κ3) is 4.37. The van der Waals surface area contributed by atoms with E-state index in [-0.39, 0.29) is 11.1 Å². The predicted octanol–water partition coefficient (Wildman–Crippen LogP) is 6.46. The second-order valence-electron chi connectivity index (χ2n) is 4.75. The minimum Gasteiger partial charge on any atom is -0.289 e. The van der Waals surface area contributed by atoms with Gasteiger partial charge in [-0.2, -0.15) is 0 Å². The maximum atomic E-state index is 12.6. The molecule has 0 spiro atoms. The van der Waals surface area contributed by atoms with Crippen LogP contribution in [0.1, 0.15) is 20.7 Å². The summed E-state index contributed by atoms with van der Waals surface area (Å²) in [6.45, 7) is 0. The van der Waals surface area contributed by atoms with Gasteiger partial charge in [-0.1, -0.05) is 118 Å². The highest BCUT2D eigenvalue weighted by molar-refractivity contribution is 6.79. The zero-order valence-electron chi connectivity index (χ0n) is 11.7. The van der Waals surface area contributed by atoms with E-state index in [0.717, 1.165) is 0 Å². The fourth-order valence-corrected chi connectivity index (χ4v) is 2.73. The Bertz CT molecular complexity index is 775. The topological polar surface area (TPSA) is 34.1 Å². The number of halogens is 6. The van der Waals surface area contributed by atoms with Crippen molar-refractivity contribution in [1.82, 2.24) is 0 Å². The number of ketones is 2. The van der Waals surface area contributed by atoms with Gasteiger partial charge in [0.15, 0.2) is 0 Å². The quantitative estimate of drug-likeness (QED) is 0.402. The van der Waals surface area contributed by atoms with E-state index in [1.165, 1.54) is 6.07 Å². The van der Waals surface area contributed by atoms with Gasteiger partial charge in [0.1, 0.15) is 0 Å². The SMILES string of the molecule is O=C(c1cccc(-c2ccccc2)c1C(=O)C(Cl)(Cl)Cl)C(Cl)(Cl)Cl. The lowest BCUT2D eigenvalue weighted by molar-refractivity contribution is 0.0964. The highest BCUT2D eigenvalue weighted by Gasteiger charge is 2.40. The number of hydrogen-bond donors (Lipinski definition) is 0. The first-order valence-electron chi connectivity index (χ1n) is 6.45. The van der Waals surface area contributed by atoms with Crippen molar-refractivity contribution >= 4 is 81.2 Å². The van der Waals surface area contributed by atoms with Crippen molar-refractivity contribution in [3.8, 4) is 11.1 Å². The van der Waals surface area contributed by atoms with Crippen LogP contribution in [0, 0.1) is 0 Å². The summed E-state index contributed by atoms with van der Waals surface area (Å²) in [6.07, 6.45) is 0. The lowest BCUT2D eigenvalue weighted by Crippen LogP contribution is -2.27. The maximum absolute atomic E-state index is 12.6. The summed E-state index contributed by atoms with van der Waals surface area (Å²) in [7, 11) is 0. The molecule has 0 N–H and O–H groups in total. The predicted molar refractivity (Wildman–Crippen MR) is 101 cm³/mol. The second kappa shape index (κ2) is 7.41. The molecule has 0 aliphatic rings. The molecule has 0 saturated carbocycles. The molecule has 2 rings (SSSR count). The van der Waals surface area contributed by atoms with Crippen LogP contribution >= 0.6 is 69.6 Å². The smallest absolute Gasteiger partial charge is 0.253 e. The van der Waals surface area contributed by atoms with Crippen LogP contribution in [0.15, 0.2) is 48.5 Å². The molecule has 0 fully saturated rings. The molecule has 2 aromatic rings. The lowest BCUT2D eigenvalue weighted by Gasteiger charge is -2.19. The van der Waals surface area contributed by atoms with Gasteiger partial charge in [-0.15, -0.1) is 0 Å². The largest absolute Gasteiger partial charge is 0.289 e. The van der Waals surface area contributed by atoms with Crippen molar-refractivity contribution in [2.45, 2.75) is 7.59 Å². The average molecular weight is 445 g/mol. The molecule has 0 amide bonds. The Balaban J connectivity index is 2.79. The minimum absolute atomic E-state index is 0.111. The van der Waals surface area contributed by atoms with Crippen LogP contribution in [0.5, 0.6) is 0 Å². The Morgan fingerprint density at radius 1 is 0.667 bits per heavy atom. The van der Waals surface area contributed by atoms with Crippen LogP contribution in [-0.2, 0) is 0 Å².